The highest BCUT2D eigenvalue weighted by Gasteiger charge is 2.64. The standard InChI is InChI=1S/C31H24ClF7N2O2/c1-19-8-10-20(11-9-19)17-28(26-13-12-24(32)18-40-26,22-14-23(30(34,35)36)16-25(33)15-22)41-27(42)29(43-2,31(37,38)39)21-6-4-3-5-7-21/h3-16,18H,17H2,1-2H3,(H,41,42)/t28-,29+/m1/s1. The number of hydrogen-bond acceptors (Lipinski definition) is 3. The number of ether oxygens (including phenoxy) is 1. The van der Waals surface area contributed by atoms with Crippen molar-refractivity contribution >= 4 is 17.5 Å². The summed E-state index contributed by atoms with van der Waals surface area (Å²) in [6.45, 7) is 1.78. The van der Waals surface area contributed by atoms with Gasteiger partial charge in [0.15, 0.2) is 0 Å². The molecule has 12 heteroatoms. The van der Waals surface area contributed by atoms with Crippen LogP contribution in [0.3, 0.4) is 0 Å². The van der Waals surface area contributed by atoms with Gasteiger partial charge in [0.1, 0.15) is 11.4 Å². The molecule has 1 heterocycles. The van der Waals surface area contributed by atoms with E-state index < -0.39 is 58.3 Å². The van der Waals surface area contributed by atoms with Gasteiger partial charge in [0, 0.05) is 25.3 Å². The molecule has 0 unspecified atom stereocenters. The maximum absolute atomic E-state index is 14.9. The first-order chi connectivity index (χ1) is 20.1. The second-order valence-electron chi connectivity index (χ2n) is 9.86. The molecule has 1 N–H and O–H groups in total. The summed E-state index contributed by atoms with van der Waals surface area (Å²) in [5.74, 6) is -3.10. The molecule has 4 aromatic rings. The van der Waals surface area contributed by atoms with Crippen LogP contribution in [0.15, 0.2) is 91.1 Å². The van der Waals surface area contributed by atoms with Crippen LogP contribution in [0.5, 0.6) is 0 Å². The van der Waals surface area contributed by atoms with Gasteiger partial charge in [-0.15, -0.1) is 0 Å². The van der Waals surface area contributed by atoms with E-state index >= 15 is 0 Å². The Morgan fingerprint density at radius 3 is 2.02 bits per heavy atom. The van der Waals surface area contributed by atoms with Crippen LogP contribution in [0.2, 0.25) is 5.02 Å². The number of nitrogens with zero attached hydrogens (tertiary/aromatic N) is 1. The maximum Gasteiger partial charge on any atom is 0.430 e. The average molecular weight is 625 g/mol. The lowest BCUT2D eigenvalue weighted by atomic mass is 9.78. The molecule has 2 atom stereocenters. The minimum atomic E-state index is -5.35. The van der Waals surface area contributed by atoms with E-state index in [1.54, 1.807) is 31.2 Å². The topological polar surface area (TPSA) is 51.2 Å². The Labute approximate surface area is 247 Å². The number of rotatable bonds is 8. The summed E-state index contributed by atoms with van der Waals surface area (Å²) in [5.41, 5.74) is -7.43. The number of carbonyl (C=O) groups is 1. The lowest BCUT2D eigenvalue weighted by Gasteiger charge is -2.40. The molecule has 0 spiro atoms. The van der Waals surface area contributed by atoms with Crippen LogP contribution in [0.25, 0.3) is 0 Å². The molecule has 0 aliphatic heterocycles. The third kappa shape index (κ3) is 6.37. The number of halogens is 8. The van der Waals surface area contributed by atoms with Crippen LogP contribution in [0.1, 0.15) is 33.5 Å². The molecule has 1 aromatic heterocycles. The van der Waals surface area contributed by atoms with Crippen LogP contribution in [-0.2, 0) is 33.3 Å². The van der Waals surface area contributed by atoms with Gasteiger partial charge in [-0.1, -0.05) is 71.8 Å². The van der Waals surface area contributed by atoms with Crippen molar-refractivity contribution in [2.75, 3.05) is 7.11 Å². The number of methoxy groups -OCH3 is 1. The van der Waals surface area contributed by atoms with Gasteiger partial charge in [0.2, 0.25) is 0 Å². The van der Waals surface area contributed by atoms with Gasteiger partial charge >= 0.3 is 12.4 Å². The highest BCUT2D eigenvalue weighted by molar-refractivity contribution is 6.30. The van der Waals surface area contributed by atoms with E-state index in [1.165, 1.54) is 30.3 Å². The van der Waals surface area contributed by atoms with E-state index in [1.807, 2.05) is 0 Å². The van der Waals surface area contributed by atoms with Gasteiger partial charge in [-0.3, -0.25) is 9.78 Å². The Bertz CT molecular complexity index is 1580. The number of pyridine rings is 1. The van der Waals surface area contributed by atoms with Gasteiger partial charge in [0.25, 0.3) is 11.5 Å². The third-order valence-electron chi connectivity index (χ3n) is 7.00. The maximum atomic E-state index is 14.9. The first kappa shape index (κ1) is 32.0. The van der Waals surface area contributed by atoms with Crippen molar-refractivity contribution in [2.45, 2.75) is 36.8 Å². The Hall–Kier alpha value is -3.96. The Balaban J connectivity index is 2.06. The minimum Gasteiger partial charge on any atom is -0.356 e. The molecular weight excluding hydrogens is 601 g/mol. The number of aromatic nitrogens is 1. The molecule has 0 radical (unpaired) electrons. The first-order valence-electron chi connectivity index (χ1n) is 12.7. The molecule has 4 rings (SSSR count). The highest BCUT2D eigenvalue weighted by atomic mass is 35.5. The van der Waals surface area contributed by atoms with Crippen molar-refractivity contribution in [3.05, 3.63) is 135 Å². The minimum absolute atomic E-state index is 0.0975. The molecule has 0 fully saturated rings. The fourth-order valence-electron chi connectivity index (χ4n) is 4.87. The van der Waals surface area contributed by atoms with E-state index in [-0.39, 0.29) is 16.8 Å². The quantitative estimate of drug-likeness (QED) is 0.203. The molecule has 0 saturated heterocycles. The molecule has 4 nitrogen and oxygen atoms in total. The summed E-state index contributed by atoms with van der Waals surface area (Å²) in [6, 6.07) is 16.6. The molecule has 0 saturated carbocycles. The average Bonchev–Trinajstić information content (AvgIpc) is 2.94. The van der Waals surface area contributed by atoms with E-state index in [9.17, 15) is 35.5 Å². The molecule has 0 aliphatic rings. The van der Waals surface area contributed by atoms with Crippen molar-refractivity contribution in [2.24, 2.45) is 0 Å². The van der Waals surface area contributed by atoms with Crippen molar-refractivity contribution < 1.29 is 40.3 Å². The molecule has 226 valence electrons. The number of carbonyl (C=O) groups excluding carboxylic acids is 1. The van der Waals surface area contributed by atoms with Crippen LogP contribution >= 0.6 is 11.6 Å². The summed E-state index contributed by atoms with van der Waals surface area (Å²) >= 11 is 6.01. The third-order valence-corrected chi connectivity index (χ3v) is 7.23. The summed E-state index contributed by atoms with van der Waals surface area (Å²) in [5, 5.41) is 2.42. The van der Waals surface area contributed by atoms with Crippen molar-refractivity contribution in [1.29, 1.82) is 0 Å². The zero-order valence-corrected chi connectivity index (χ0v) is 23.4. The van der Waals surface area contributed by atoms with Gasteiger partial charge in [-0.2, -0.15) is 26.3 Å². The zero-order chi connectivity index (χ0) is 31.6. The van der Waals surface area contributed by atoms with E-state index in [0.29, 0.717) is 24.8 Å². The number of hydrogen-bond donors (Lipinski definition) is 1. The molecule has 0 bridgehead atoms. The number of nitrogens with one attached hydrogen (secondary N) is 1. The second-order valence-corrected chi connectivity index (χ2v) is 10.3. The fourth-order valence-corrected chi connectivity index (χ4v) is 4.98. The van der Waals surface area contributed by atoms with Crippen molar-refractivity contribution in [3.8, 4) is 0 Å². The summed E-state index contributed by atoms with van der Waals surface area (Å²) in [7, 11) is 0.687. The van der Waals surface area contributed by atoms with Gasteiger partial charge in [-0.25, -0.2) is 4.39 Å². The monoisotopic (exact) mass is 624 g/mol. The van der Waals surface area contributed by atoms with Crippen molar-refractivity contribution in [1.82, 2.24) is 10.3 Å². The normalized spacial score (nSPS) is 14.9. The summed E-state index contributed by atoms with van der Waals surface area (Å²) < 4.78 is 106. The number of aryl methyl sites for hydroxylation is 1. The molecule has 0 aliphatic carbocycles. The van der Waals surface area contributed by atoms with Gasteiger partial charge in [0.05, 0.1) is 16.3 Å². The Morgan fingerprint density at radius 1 is 0.860 bits per heavy atom. The van der Waals surface area contributed by atoms with Crippen LogP contribution in [0, 0.1) is 12.7 Å². The second kappa shape index (κ2) is 12.0. The smallest absolute Gasteiger partial charge is 0.356 e. The number of benzene rings is 3. The van der Waals surface area contributed by atoms with Gasteiger partial charge in [-0.05, 0) is 48.4 Å². The molecule has 43 heavy (non-hydrogen) atoms. The van der Waals surface area contributed by atoms with E-state index in [0.717, 1.165) is 23.9 Å². The zero-order valence-electron chi connectivity index (χ0n) is 22.7. The predicted molar refractivity (Wildman–Crippen MR) is 146 cm³/mol. The van der Waals surface area contributed by atoms with Crippen LogP contribution in [0.4, 0.5) is 30.7 Å². The van der Waals surface area contributed by atoms with Crippen molar-refractivity contribution in [3.63, 3.8) is 0 Å². The number of amides is 1. The Kier molecular flexibility index (Phi) is 8.90. The van der Waals surface area contributed by atoms with Crippen LogP contribution in [-0.4, -0.2) is 24.2 Å². The molecule has 3 aromatic carbocycles. The SMILES string of the molecule is CO[C@](C(=O)N[C@](Cc1ccc(C)cc1)(c1cc(F)cc(C(F)(F)F)c1)c1ccc(Cl)cn1)(c1ccccc1)C(F)(F)F. The number of alkyl halides is 6. The Morgan fingerprint density at radius 2 is 1.49 bits per heavy atom. The summed E-state index contributed by atoms with van der Waals surface area (Å²) in [4.78, 5) is 18.2. The lowest BCUT2D eigenvalue weighted by Crippen LogP contribution is -2.61. The summed E-state index contributed by atoms with van der Waals surface area (Å²) in [6.07, 6.45) is -9.70. The largest absolute Gasteiger partial charge is 0.430 e. The highest BCUT2D eigenvalue weighted by Crippen LogP contribution is 2.44. The lowest BCUT2D eigenvalue weighted by molar-refractivity contribution is -0.266. The van der Waals surface area contributed by atoms with E-state index in [4.69, 9.17) is 16.3 Å². The fraction of sp³-hybridized carbons (Fsp3) is 0.226. The van der Waals surface area contributed by atoms with Gasteiger partial charge < -0.3 is 10.1 Å². The first-order valence-corrected chi connectivity index (χ1v) is 13.1. The molecular formula is C31H24ClF7N2O2. The van der Waals surface area contributed by atoms with Crippen LogP contribution < -0.4 is 5.32 Å². The predicted octanol–water partition coefficient (Wildman–Crippen LogP) is 7.91. The molecule has 1 amide bonds. The van der Waals surface area contributed by atoms with E-state index in [2.05, 4.69) is 10.3 Å².